The van der Waals surface area contributed by atoms with Gasteiger partial charge in [-0.25, -0.2) is 0 Å². The highest BCUT2D eigenvalue weighted by Gasteiger charge is 2.17. The quantitative estimate of drug-likeness (QED) is 0.577. The minimum Gasteiger partial charge on any atom is -0.130 e. The molecule has 0 nitrogen and oxygen atoms in total. The first-order valence-electron chi connectivity index (χ1n) is 5.33. The molecule has 1 saturated carbocycles. The number of hydrogen-bond acceptors (Lipinski definition) is 0. The van der Waals surface area contributed by atoms with Crippen LogP contribution >= 0.6 is 0 Å². The van der Waals surface area contributed by atoms with Gasteiger partial charge in [-0.3, -0.25) is 0 Å². The molecule has 0 N–H and O–H groups in total. The van der Waals surface area contributed by atoms with Gasteiger partial charge in [0.2, 0.25) is 0 Å². The number of rotatable bonds is 1. The highest BCUT2D eigenvalue weighted by Crippen LogP contribution is 2.34. The fourth-order valence-electron chi connectivity index (χ4n) is 2.20. The summed E-state index contributed by atoms with van der Waals surface area (Å²) >= 11 is 0. The van der Waals surface area contributed by atoms with E-state index in [4.69, 9.17) is 0 Å². The van der Waals surface area contributed by atoms with E-state index in [0.717, 1.165) is 5.92 Å². The molecule has 14 heavy (non-hydrogen) atoms. The summed E-state index contributed by atoms with van der Waals surface area (Å²) in [5.41, 5.74) is 5.95. The molecule has 2 rings (SSSR count). The Hall–Kier alpha value is -1.26. The highest BCUT2D eigenvalue weighted by molar-refractivity contribution is 5.21. The molecule has 0 heteroatoms. The van der Waals surface area contributed by atoms with Crippen LogP contribution in [0.15, 0.2) is 48.2 Å². The Morgan fingerprint density at radius 3 is 2.29 bits per heavy atom. The van der Waals surface area contributed by atoms with Crippen molar-refractivity contribution in [2.45, 2.75) is 31.6 Å². The average molecular weight is 184 g/mol. The van der Waals surface area contributed by atoms with Crippen LogP contribution in [-0.2, 0) is 0 Å². The van der Waals surface area contributed by atoms with Crippen molar-refractivity contribution in [1.29, 1.82) is 0 Å². The first-order chi connectivity index (χ1) is 6.90. The van der Waals surface area contributed by atoms with E-state index in [0.29, 0.717) is 0 Å². The van der Waals surface area contributed by atoms with E-state index in [1.54, 1.807) is 0 Å². The molecule has 72 valence electrons. The third kappa shape index (κ3) is 1.97. The van der Waals surface area contributed by atoms with Gasteiger partial charge in [0, 0.05) is 0 Å². The summed E-state index contributed by atoms with van der Waals surface area (Å²) in [5, 5.41) is 0. The van der Waals surface area contributed by atoms with Crippen molar-refractivity contribution >= 4 is 0 Å². The van der Waals surface area contributed by atoms with Gasteiger partial charge in [0.05, 0.1) is 0 Å². The molecule has 0 unspecified atom stereocenters. The molecule has 0 bridgehead atoms. The van der Waals surface area contributed by atoms with Gasteiger partial charge >= 0.3 is 0 Å². The van der Waals surface area contributed by atoms with Gasteiger partial charge < -0.3 is 0 Å². The topological polar surface area (TPSA) is 0 Å². The van der Waals surface area contributed by atoms with Crippen LogP contribution in [0.5, 0.6) is 0 Å². The summed E-state index contributed by atoms with van der Waals surface area (Å²) in [4.78, 5) is 0. The predicted molar refractivity (Wildman–Crippen MR) is 60.3 cm³/mol. The molecule has 0 aliphatic heterocycles. The molecule has 0 amide bonds. The summed E-state index contributed by atoms with van der Waals surface area (Å²) in [6.45, 7) is 3.72. The number of allylic oxidation sites excluding steroid dienone is 1. The van der Waals surface area contributed by atoms with Gasteiger partial charge in [0.1, 0.15) is 0 Å². The minimum atomic E-state index is 0.758. The lowest BCUT2D eigenvalue weighted by Crippen LogP contribution is -2.05. The maximum absolute atomic E-state index is 3.72. The maximum atomic E-state index is 3.72. The molecule has 0 radical (unpaired) electrons. The lowest BCUT2D eigenvalue weighted by molar-refractivity contribution is 0.517. The standard InChI is InChI=1S/C14H16/c1-2-12-8-10-14(11-9-12)13-6-4-3-5-7-13/h3-7,14H,1,8-11H2. The lowest BCUT2D eigenvalue weighted by atomic mass is 9.82. The third-order valence-corrected chi connectivity index (χ3v) is 3.11. The maximum Gasteiger partial charge on any atom is -0.0155 e. The van der Waals surface area contributed by atoms with Crippen molar-refractivity contribution in [3.05, 3.63) is 53.8 Å². The monoisotopic (exact) mass is 184 g/mol. The minimum absolute atomic E-state index is 0.758. The fourth-order valence-corrected chi connectivity index (χ4v) is 2.20. The van der Waals surface area contributed by atoms with E-state index in [1.807, 2.05) is 0 Å². The number of benzene rings is 1. The predicted octanol–water partition coefficient (Wildman–Crippen LogP) is 4.06. The van der Waals surface area contributed by atoms with Crippen molar-refractivity contribution in [2.75, 3.05) is 0 Å². The molecule has 0 saturated heterocycles. The molecule has 0 aromatic heterocycles. The van der Waals surface area contributed by atoms with Crippen LogP contribution in [0.4, 0.5) is 0 Å². The third-order valence-electron chi connectivity index (χ3n) is 3.11. The van der Waals surface area contributed by atoms with E-state index < -0.39 is 0 Å². The molecule has 0 heterocycles. The lowest BCUT2D eigenvalue weighted by Gasteiger charge is -2.23. The summed E-state index contributed by atoms with van der Waals surface area (Å²) in [6.07, 6.45) is 4.90. The summed E-state index contributed by atoms with van der Waals surface area (Å²) < 4.78 is 0. The second-order valence-electron chi connectivity index (χ2n) is 3.97. The fraction of sp³-hybridized carbons (Fsp3) is 0.357. The Labute approximate surface area is 86.0 Å². The van der Waals surface area contributed by atoms with Crippen molar-refractivity contribution in [1.82, 2.24) is 0 Å². The zero-order chi connectivity index (χ0) is 9.80. The summed E-state index contributed by atoms with van der Waals surface area (Å²) in [6, 6.07) is 10.8. The molecule has 1 aromatic carbocycles. The van der Waals surface area contributed by atoms with E-state index in [9.17, 15) is 0 Å². The van der Waals surface area contributed by atoms with E-state index in [-0.39, 0.29) is 0 Å². The molecule has 1 aliphatic rings. The van der Waals surface area contributed by atoms with Crippen LogP contribution < -0.4 is 0 Å². The summed E-state index contributed by atoms with van der Waals surface area (Å²) in [7, 11) is 0. The molecular weight excluding hydrogens is 168 g/mol. The Morgan fingerprint density at radius 2 is 1.71 bits per heavy atom. The van der Waals surface area contributed by atoms with E-state index in [1.165, 1.54) is 36.8 Å². The second kappa shape index (κ2) is 4.30. The van der Waals surface area contributed by atoms with Crippen molar-refractivity contribution < 1.29 is 0 Å². The highest BCUT2D eigenvalue weighted by atomic mass is 14.2. The SMILES string of the molecule is C=C=C1CCC(c2ccccc2)CC1. The van der Waals surface area contributed by atoms with Gasteiger partial charge in [-0.05, 0) is 42.7 Å². The largest absolute Gasteiger partial charge is 0.130 e. The van der Waals surface area contributed by atoms with Crippen molar-refractivity contribution in [2.24, 2.45) is 0 Å². The van der Waals surface area contributed by atoms with Gasteiger partial charge in [-0.2, -0.15) is 0 Å². The smallest absolute Gasteiger partial charge is 0.0155 e. The Morgan fingerprint density at radius 1 is 1.07 bits per heavy atom. The number of hydrogen-bond donors (Lipinski definition) is 0. The zero-order valence-electron chi connectivity index (χ0n) is 8.50. The van der Waals surface area contributed by atoms with Crippen LogP contribution in [0.2, 0.25) is 0 Å². The van der Waals surface area contributed by atoms with E-state index in [2.05, 4.69) is 42.6 Å². The first-order valence-corrected chi connectivity index (χ1v) is 5.33. The Kier molecular flexibility index (Phi) is 2.86. The average Bonchev–Trinajstić information content (AvgIpc) is 2.30. The normalized spacial score (nSPS) is 21.7. The zero-order valence-corrected chi connectivity index (χ0v) is 8.50. The Bertz CT molecular complexity index is 332. The van der Waals surface area contributed by atoms with Gasteiger partial charge in [-0.1, -0.05) is 36.9 Å². The molecular formula is C14H16. The van der Waals surface area contributed by atoms with Crippen LogP contribution in [0.1, 0.15) is 37.2 Å². The van der Waals surface area contributed by atoms with Gasteiger partial charge in [0.25, 0.3) is 0 Å². The molecule has 1 fully saturated rings. The molecule has 0 atom stereocenters. The summed E-state index contributed by atoms with van der Waals surface area (Å²) in [5.74, 6) is 0.758. The van der Waals surface area contributed by atoms with Crippen LogP contribution in [0, 0.1) is 0 Å². The van der Waals surface area contributed by atoms with Crippen molar-refractivity contribution in [3.63, 3.8) is 0 Å². The molecule has 0 spiro atoms. The Balaban J connectivity index is 2.06. The first kappa shape index (κ1) is 9.30. The van der Waals surface area contributed by atoms with Crippen LogP contribution in [0.25, 0.3) is 0 Å². The van der Waals surface area contributed by atoms with Gasteiger partial charge in [-0.15, -0.1) is 5.73 Å². The second-order valence-corrected chi connectivity index (χ2v) is 3.97. The van der Waals surface area contributed by atoms with Crippen molar-refractivity contribution in [3.8, 4) is 0 Å². The van der Waals surface area contributed by atoms with Crippen LogP contribution in [0.3, 0.4) is 0 Å². The van der Waals surface area contributed by atoms with Gasteiger partial charge in [0.15, 0.2) is 0 Å². The molecule has 1 aromatic rings. The van der Waals surface area contributed by atoms with Crippen LogP contribution in [-0.4, -0.2) is 0 Å². The van der Waals surface area contributed by atoms with E-state index >= 15 is 0 Å². The molecule has 1 aliphatic carbocycles.